The van der Waals surface area contributed by atoms with Gasteiger partial charge in [-0.2, -0.15) is 0 Å². The Hall–Kier alpha value is -3.52. The molecule has 1 aliphatic heterocycles. The molecule has 0 bridgehead atoms. The lowest BCUT2D eigenvalue weighted by Gasteiger charge is -2.28. The van der Waals surface area contributed by atoms with Gasteiger partial charge in [-0.05, 0) is 61.3 Å². The largest absolute Gasteiger partial charge is 0.384 e. The van der Waals surface area contributed by atoms with Gasteiger partial charge in [0.1, 0.15) is 5.82 Å². The molecule has 0 radical (unpaired) electrons. The maximum Gasteiger partial charge on any atom is 0.237 e. The normalized spacial score (nSPS) is 19.5. The van der Waals surface area contributed by atoms with Gasteiger partial charge in [-0.25, -0.2) is 4.98 Å². The molecule has 1 aromatic carbocycles. The Bertz CT molecular complexity index is 1180. The van der Waals surface area contributed by atoms with Crippen LogP contribution in [-0.2, 0) is 22.6 Å². The van der Waals surface area contributed by atoms with Crippen LogP contribution in [0.1, 0.15) is 30.2 Å². The average Bonchev–Trinajstić information content (AvgIpc) is 3.22. The molecule has 3 heterocycles. The van der Waals surface area contributed by atoms with Gasteiger partial charge >= 0.3 is 0 Å². The lowest BCUT2D eigenvalue weighted by Crippen LogP contribution is -2.51. The van der Waals surface area contributed by atoms with Crippen LogP contribution in [0.3, 0.4) is 0 Å². The van der Waals surface area contributed by atoms with Crippen LogP contribution in [0.4, 0.5) is 5.82 Å². The number of aryl methyl sites for hydroxylation is 1. The number of nitrogens with zero attached hydrogens (tertiary/aromatic N) is 3. The number of hydrogen-bond acceptors (Lipinski definition) is 6. The first kappa shape index (κ1) is 22.7. The Balaban J connectivity index is 1.44. The van der Waals surface area contributed by atoms with Crippen LogP contribution in [0.25, 0.3) is 10.8 Å². The highest BCUT2D eigenvalue weighted by molar-refractivity contribution is 5.86. The van der Waals surface area contributed by atoms with Crippen molar-refractivity contribution in [1.82, 2.24) is 20.2 Å². The van der Waals surface area contributed by atoms with Gasteiger partial charge in [0.25, 0.3) is 0 Å². The number of hydrogen-bond donors (Lipinski definition) is 3. The fourth-order valence-corrected chi connectivity index (χ4v) is 4.76. The molecule has 1 saturated heterocycles. The van der Waals surface area contributed by atoms with Crippen molar-refractivity contribution in [3.8, 4) is 0 Å². The number of anilines is 1. The Labute approximate surface area is 193 Å². The van der Waals surface area contributed by atoms with Crippen molar-refractivity contribution < 1.29 is 9.59 Å². The van der Waals surface area contributed by atoms with Crippen LogP contribution < -0.4 is 16.8 Å². The van der Waals surface area contributed by atoms with E-state index < -0.39 is 18.0 Å². The van der Waals surface area contributed by atoms with Gasteiger partial charge < -0.3 is 16.8 Å². The van der Waals surface area contributed by atoms with Crippen molar-refractivity contribution in [3.63, 3.8) is 0 Å². The Morgan fingerprint density at radius 1 is 1.21 bits per heavy atom. The number of fused-ring (bicyclic) bond motifs is 1. The molecule has 0 saturated carbocycles. The molecule has 0 spiro atoms. The van der Waals surface area contributed by atoms with Crippen LogP contribution >= 0.6 is 0 Å². The molecule has 2 aromatic heterocycles. The van der Waals surface area contributed by atoms with Crippen molar-refractivity contribution in [3.05, 3.63) is 65.6 Å². The van der Waals surface area contributed by atoms with E-state index in [1.54, 1.807) is 12.3 Å². The fraction of sp³-hybridized carbons (Fsp3) is 0.360. The summed E-state index contributed by atoms with van der Waals surface area (Å²) in [4.78, 5) is 35.5. The third-order valence-corrected chi connectivity index (χ3v) is 6.58. The zero-order valence-corrected chi connectivity index (χ0v) is 19.0. The van der Waals surface area contributed by atoms with Crippen LogP contribution in [0.15, 0.2) is 48.8 Å². The molecule has 3 aromatic rings. The van der Waals surface area contributed by atoms with E-state index >= 15 is 0 Å². The topological polar surface area (TPSA) is 127 Å². The second-order valence-electron chi connectivity index (χ2n) is 8.81. The molecule has 8 nitrogen and oxygen atoms in total. The summed E-state index contributed by atoms with van der Waals surface area (Å²) >= 11 is 0. The molecule has 1 fully saturated rings. The summed E-state index contributed by atoms with van der Waals surface area (Å²) in [6, 6.07) is 10.8. The molecular weight excluding hydrogens is 416 g/mol. The van der Waals surface area contributed by atoms with Gasteiger partial charge in [-0.1, -0.05) is 24.3 Å². The van der Waals surface area contributed by atoms with Crippen molar-refractivity contribution in [2.45, 2.75) is 45.3 Å². The monoisotopic (exact) mass is 446 g/mol. The predicted molar refractivity (Wildman–Crippen MR) is 128 cm³/mol. The SMILES string of the molecule is Cc1nc(N)ccc1CNC(=O)[C@H](C)N1CC(Cc2cccc3cnccc23)CC1C(N)=O. The Morgan fingerprint density at radius 3 is 2.79 bits per heavy atom. The summed E-state index contributed by atoms with van der Waals surface area (Å²) in [6.07, 6.45) is 5.10. The van der Waals surface area contributed by atoms with Crippen LogP contribution in [0.5, 0.6) is 0 Å². The number of carbonyl (C=O) groups is 2. The summed E-state index contributed by atoms with van der Waals surface area (Å²) in [5, 5.41) is 5.22. The highest BCUT2D eigenvalue weighted by Crippen LogP contribution is 2.30. The number of carbonyl (C=O) groups excluding carboxylic acids is 2. The van der Waals surface area contributed by atoms with Gasteiger partial charge in [0.15, 0.2) is 0 Å². The summed E-state index contributed by atoms with van der Waals surface area (Å²) in [5.41, 5.74) is 14.3. The third kappa shape index (κ3) is 4.96. The molecule has 8 heteroatoms. The van der Waals surface area contributed by atoms with E-state index in [2.05, 4.69) is 21.4 Å². The third-order valence-electron chi connectivity index (χ3n) is 6.58. The van der Waals surface area contributed by atoms with Crippen LogP contribution in [-0.4, -0.2) is 45.3 Å². The number of benzene rings is 1. The average molecular weight is 447 g/mol. The highest BCUT2D eigenvalue weighted by Gasteiger charge is 2.40. The first-order valence-electron chi connectivity index (χ1n) is 11.2. The van der Waals surface area contributed by atoms with Crippen LogP contribution in [0, 0.1) is 12.8 Å². The number of nitrogens with two attached hydrogens (primary N) is 2. The number of amides is 2. The van der Waals surface area contributed by atoms with E-state index in [1.807, 2.05) is 49.2 Å². The lowest BCUT2D eigenvalue weighted by molar-refractivity contribution is -0.129. The van der Waals surface area contributed by atoms with Gasteiger partial charge in [0, 0.05) is 36.6 Å². The zero-order valence-electron chi connectivity index (χ0n) is 19.0. The summed E-state index contributed by atoms with van der Waals surface area (Å²) in [6.45, 7) is 4.67. The van der Waals surface area contributed by atoms with E-state index in [9.17, 15) is 9.59 Å². The molecule has 5 N–H and O–H groups in total. The molecule has 2 unspecified atom stereocenters. The molecular formula is C25H30N6O2. The van der Waals surface area contributed by atoms with Crippen molar-refractivity contribution >= 4 is 28.4 Å². The van der Waals surface area contributed by atoms with E-state index in [1.165, 1.54) is 10.9 Å². The second-order valence-corrected chi connectivity index (χ2v) is 8.81. The minimum absolute atomic E-state index is 0.144. The number of rotatable bonds is 7. The maximum absolute atomic E-state index is 12.9. The number of nitrogens with one attached hydrogen (secondary N) is 1. The van der Waals surface area contributed by atoms with Gasteiger partial charge in [-0.3, -0.25) is 19.5 Å². The van der Waals surface area contributed by atoms with E-state index in [4.69, 9.17) is 11.5 Å². The molecule has 33 heavy (non-hydrogen) atoms. The second kappa shape index (κ2) is 9.54. The fourth-order valence-electron chi connectivity index (χ4n) is 4.76. The summed E-state index contributed by atoms with van der Waals surface area (Å²) < 4.78 is 0. The standard InChI is InChI=1S/C25H30N6O2/c1-15-19(6-7-23(26)30-15)13-29-25(33)16(2)31-14-17(11-22(31)24(27)32)10-18-4-3-5-20-12-28-9-8-21(18)20/h3-9,12,16-17,22H,10-11,13-14H2,1-2H3,(H2,26,30)(H2,27,32)(H,29,33)/t16-,17?,22?/m0/s1. The van der Waals surface area contributed by atoms with Gasteiger partial charge in [0.2, 0.25) is 11.8 Å². The van der Waals surface area contributed by atoms with E-state index in [0.717, 1.165) is 23.1 Å². The smallest absolute Gasteiger partial charge is 0.237 e. The highest BCUT2D eigenvalue weighted by atomic mass is 16.2. The van der Waals surface area contributed by atoms with Crippen LogP contribution in [0.2, 0.25) is 0 Å². The van der Waals surface area contributed by atoms with Crippen molar-refractivity contribution in [2.24, 2.45) is 11.7 Å². The number of nitrogen functional groups attached to an aromatic ring is 1. The zero-order chi connectivity index (χ0) is 23.5. The summed E-state index contributed by atoms with van der Waals surface area (Å²) in [7, 11) is 0. The van der Waals surface area contributed by atoms with E-state index in [0.29, 0.717) is 25.3 Å². The first-order valence-corrected chi connectivity index (χ1v) is 11.2. The maximum atomic E-state index is 12.9. The Kier molecular flexibility index (Phi) is 6.55. The molecule has 0 aliphatic carbocycles. The van der Waals surface area contributed by atoms with Gasteiger partial charge in [0.05, 0.1) is 12.1 Å². The number of aromatic nitrogens is 2. The molecule has 1 aliphatic rings. The quantitative estimate of drug-likeness (QED) is 0.509. The first-order chi connectivity index (χ1) is 15.8. The molecule has 2 amide bonds. The van der Waals surface area contributed by atoms with Crippen molar-refractivity contribution in [2.75, 3.05) is 12.3 Å². The number of primary amides is 1. The summed E-state index contributed by atoms with van der Waals surface area (Å²) in [5.74, 6) is 0.137. The minimum Gasteiger partial charge on any atom is -0.384 e. The van der Waals surface area contributed by atoms with E-state index in [-0.39, 0.29) is 11.8 Å². The lowest BCUT2D eigenvalue weighted by atomic mass is 9.93. The molecule has 3 atom stereocenters. The molecule has 172 valence electrons. The number of pyridine rings is 2. The predicted octanol–water partition coefficient (Wildman–Crippen LogP) is 1.94. The number of likely N-dealkylation sites (tertiary alicyclic amines) is 1. The Morgan fingerprint density at radius 2 is 2.03 bits per heavy atom. The van der Waals surface area contributed by atoms with Gasteiger partial charge in [-0.15, -0.1) is 0 Å². The molecule has 4 rings (SSSR count). The minimum atomic E-state index is -0.480. The van der Waals surface area contributed by atoms with Crippen molar-refractivity contribution in [1.29, 1.82) is 0 Å².